The summed E-state index contributed by atoms with van der Waals surface area (Å²) >= 11 is 1.67. The molecule has 1 amide bonds. The Balaban J connectivity index is 2.00. The maximum absolute atomic E-state index is 11.9. The minimum Gasteiger partial charge on any atom is -0.352 e. The number of aryl methyl sites for hydroxylation is 1. The second-order valence-electron chi connectivity index (χ2n) is 4.87. The number of amides is 1. The molecule has 0 fully saturated rings. The highest BCUT2D eigenvalue weighted by atomic mass is 32.1. The van der Waals surface area contributed by atoms with Crippen LogP contribution in [0.5, 0.6) is 0 Å². The summed E-state index contributed by atoms with van der Waals surface area (Å²) in [5.74, 6) is 0.0122. The van der Waals surface area contributed by atoms with Gasteiger partial charge in [0.05, 0.1) is 6.04 Å². The van der Waals surface area contributed by atoms with Crippen LogP contribution in [0.2, 0.25) is 0 Å². The van der Waals surface area contributed by atoms with Crippen molar-refractivity contribution in [3.8, 4) is 0 Å². The lowest BCUT2D eigenvalue weighted by Gasteiger charge is -2.19. The van der Waals surface area contributed by atoms with Crippen LogP contribution in [0.1, 0.15) is 38.0 Å². The van der Waals surface area contributed by atoms with Gasteiger partial charge in [-0.1, -0.05) is 12.1 Å². The Hall–Kier alpha value is -1.65. The molecule has 0 saturated carbocycles. The van der Waals surface area contributed by atoms with Crippen LogP contribution < -0.4 is 11.1 Å². The van der Waals surface area contributed by atoms with Gasteiger partial charge in [0, 0.05) is 17.0 Å². The molecule has 0 spiro atoms. The van der Waals surface area contributed by atoms with Crippen molar-refractivity contribution in [2.24, 2.45) is 5.73 Å². The summed E-state index contributed by atoms with van der Waals surface area (Å²) in [5, 5.41) is 4.92. The normalized spacial score (nSPS) is 15.8. The third-order valence-electron chi connectivity index (χ3n) is 3.60. The van der Waals surface area contributed by atoms with Gasteiger partial charge in [0.2, 0.25) is 0 Å². The van der Waals surface area contributed by atoms with Crippen molar-refractivity contribution in [3.05, 3.63) is 56.8 Å². The average molecular weight is 272 g/mol. The second-order valence-corrected chi connectivity index (χ2v) is 5.82. The molecule has 1 unspecified atom stereocenters. The minimum absolute atomic E-state index is 0.0122. The van der Waals surface area contributed by atoms with Gasteiger partial charge in [-0.25, -0.2) is 0 Å². The Morgan fingerprint density at radius 1 is 1.37 bits per heavy atom. The molecule has 4 heteroatoms. The number of hydrogen-bond acceptors (Lipinski definition) is 3. The SMILES string of the molecule is Cc1ccsc1C(N)c1ccc2c(c1)C(=O)NCC2. The third-order valence-corrected chi connectivity index (χ3v) is 4.70. The molecule has 0 bridgehead atoms. The van der Waals surface area contributed by atoms with E-state index in [-0.39, 0.29) is 11.9 Å². The maximum atomic E-state index is 11.9. The molecule has 1 atom stereocenters. The van der Waals surface area contributed by atoms with Gasteiger partial charge in [-0.2, -0.15) is 0 Å². The molecule has 1 aromatic heterocycles. The standard InChI is InChI=1S/C15H16N2OS/c1-9-5-7-19-14(9)13(16)11-3-2-10-4-6-17-15(18)12(10)8-11/h2-3,5,7-8,13H,4,6,16H2,1H3,(H,17,18). The highest BCUT2D eigenvalue weighted by Gasteiger charge is 2.19. The first-order chi connectivity index (χ1) is 9.16. The first kappa shape index (κ1) is 12.4. The summed E-state index contributed by atoms with van der Waals surface area (Å²) < 4.78 is 0. The van der Waals surface area contributed by atoms with Crippen molar-refractivity contribution in [2.45, 2.75) is 19.4 Å². The molecule has 2 aromatic rings. The summed E-state index contributed by atoms with van der Waals surface area (Å²) in [4.78, 5) is 13.0. The van der Waals surface area contributed by atoms with Crippen LogP contribution >= 0.6 is 11.3 Å². The Morgan fingerprint density at radius 2 is 2.21 bits per heavy atom. The van der Waals surface area contributed by atoms with Crippen molar-refractivity contribution in [3.63, 3.8) is 0 Å². The number of thiophene rings is 1. The highest BCUT2D eigenvalue weighted by Crippen LogP contribution is 2.29. The van der Waals surface area contributed by atoms with Gasteiger partial charge in [-0.05, 0) is 47.5 Å². The van der Waals surface area contributed by atoms with E-state index in [1.807, 2.05) is 18.2 Å². The fraction of sp³-hybridized carbons (Fsp3) is 0.267. The molecule has 0 saturated heterocycles. The molecule has 3 N–H and O–H groups in total. The Bertz CT molecular complexity index is 633. The summed E-state index contributed by atoms with van der Waals surface area (Å²) in [6, 6.07) is 7.94. The molecule has 3 nitrogen and oxygen atoms in total. The lowest BCUT2D eigenvalue weighted by molar-refractivity contribution is 0.0946. The van der Waals surface area contributed by atoms with Crippen LogP contribution in [0.4, 0.5) is 0 Å². The van der Waals surface area contributed by atoms with Gasteiger partial charge in [0.1, 0.15) is 0 Å². The summed E-state index contributed by atoms with van der Waals surface area (Å²) in [7, 11) is 0. The fourth-order valence-electron chi connectivity index (χ4n) is 2.48. The van der Waals surface area contributed by atoms with E-state index < -0.39 is 0 Å². The van der Waals surface area contributed by atoms with E-state index in [1.165, 1.54) is 5.56 Å². The van der Waals surface area contributed by atoms with Crippen LogP contribution in [0.25, 0.3) is 0 Å². The van der Waals surface area contributed by atoms with Crippen LogP contribution in [0.3, 0.4) is 0 Å². The van der Waals surface area contributed by atoms with E-state index in [1.54, 1.807) is 11.3 Å². The van der Waals surface area contributed by atoms with Crippen molar-refractivity contribution >= 4 is 17.2 Å². The summed E-state index contributed by atoms with van der Waals surface area (Å²) in [6.07, 6.45) is 0.897. The van der Waals surface area contributed by atoms with Crippen LogP contribution in [0, 0.1) is 6.92 Å². The third kappa shape index (κ3) is 2.17. The molecule has 19 heavy (non-hydrogen) atoms. The smallest absolute Gasteiger partial charge is 0.251 e. The molecule has 0 radical (unpaired) electrons. The number of benzene rings is 1. The van der Waals surface area contributed by atoms with E-state index in [2.05, 4.69) is 23.7 Å². The molecule has 1 aliphatic rings. The van der Waals surface area contributed by atoms with Gasteiger partial charge in [0.25, 0.3) is 5.91 Å². The molecular formula is C15H16N2OS. The molecule has 2 heterocycles. The number of fused-ring (bicyclic) bond motifs is 1. The topological polar surface area (TPSA) is 55.1 Å². The number of hydrogen-bond donors (Lipinski definition) is 2. The monoisotopic (exact) mass is 272 g/mol. The van der Waals surface area contributed by atoms with Gasteiger partial charge in [-0.3, -0.25) is 4.79 Å². The minimum atomic E-state index is -0.153. The van der Waals surface area contributed by atoms with Crippen LogP contribution in [-0.2, 0) is 6.42 Å². The van der Waals surface area contributed by atoms with Gasteiger partial charge >= 0.3 is 0 Å². The van der Waals surface area contributed by atoms with E-state index in [0.29, 0.717) is 0 Å². The number of nitrogens with one attached hydrogen (secondary N) is 1. The zero-order valence-electron chi connectivity index (χ0n) is 10.8. The first-order valence-corrected chi connectivity index (χ1v) is 7.25. The van der Waals surface area contributed by atoms with Crippen molar-refractivity contribution in [1.82, 2.24) is 5.32 Å². The zero-order valence-corrected chi connectivity index (χ0v) is 11.6. The van der Waals surface area contributed by atoms with E-state index in [4.69, 9.17) is 5.73 Å². The first-order valence-electron chi connectivity index (χ1n) is 6.37. The van der Waals surface area contributed by atoms with Crippen molar-refractivity contribution in [2.75, 3.05) is 6.54 Å². The van der Waals surface area contributed by atoms with Crippen LogP contribution in [-0.4, -0.2) is 12.5 Å². The number of nitrogens with two attached hydrogens (primary N) is 1. The lowest BCUT2D eigenvalue weighted by atomic mass is 9.94. The zero-order chi connectivity index (χ0) is 13.4. The lowest BCUT2D eigenvalue weighted by Crippen LogP contribution is -2.32. The van der Waals surface area contributed by atoms with Crippen LogP contribution in [0.15, 0.2) is 29.6 Å². The van der Waals surface area contributed by atoms with Gasteiger partial charge in [-0.15, -0.1) is 11.3 Å². The number of carbonyl (C=O) groups is 1. The quantitative estimate of drug-likeness (QED) is 0.882. The number of carbonyl (C=O) groups excluding carboxylic acids is 1. The molecule has 1 aromatic carbocycles. The average Bonchev–Trinajstić information content (AvgIpc) is 2.84. The number of rotatable bonds is 2. The second kappa shape index (κ2) is 4.79. The Kier molecular flexibility index (Phi) is 3.12. The summed E-state index contributed by atoms with van der Waals surface area (Å²) in [5.41, 5.74) is 10.4. The predicted molar refractivity (Wildman–Crippen MR) is 77.6 cm³/mol. The van der Waals surface area contributed by atoms with E-state index in [0.717, 1.165) is 34.5 Å². The van der Waals surface area contributed by atoms with E-state index >= 15 is 0 Å². The predicted octanol–water partition coefficient (Wildman–Crippen LogP) is 2.39. The Morgan fingerprint density at radius 3 is 2.95 bits per heavy atom. The molecule has 3 rings (SSSR count). The van der Waals surface area contributed by atoms with Gasteiger partial charge < -0.3 is 11.1 Å². The fourth-order valence-corrected chi connectivity index (χ4v) is 3.43. The molecular weight excluding hydrogens is 256 g/mol. The Labute approximate surface area is 116 Å². The maximum Gasteiger partial charge on any atom is 0.251 e. The largest absolute Gasteiger partial charge is 0.352 e. The molecule has 1 aliphatic heterocycles. The van der Waals surface area contributed by atoms with Crippen molar-refractivity contribution < 1.29 is 4.79 Å². The van der Waals surface area contributed by atoms with E-state index in [9.17, 15) is 4.79 Å². The van der Waals surface area contributed by atoms with Gasteiger partial charge in [0.15, 0.2) is 0 Å². The van der Waals surface area contributed by atoms with Crippen molar-refractivity contribution in [1.29, 1.82) is 0 Å². The highest BCUT2D eigenvalue weighted by molar-refractivity contribution is 7.10. The summed E-state index contributed by atoms with van der Waals surface area (Å²) in [6.45, 7) is 2.79. The molecule has 0 aliphatic carbocycles. The molecule has 98 valence electrons.